The largest absolute Gasteiger partial charge is 0.381 e. The van der Waals surface area contributed by atoms with E-state index in [-0.39, 0.29) is 36.7 Å². The molecule has 3 aromatic carbocycles. The van der Waals surface area contributed by atoms with Crippen molar-refractivity contribution in [2.75, 3.05) is 29.6 Å². The van der Waals surface area contributed by atoms with E-state index in [1.807, 2.05) is 43.3 Å². The van der Waals surface area contributed by atoms with Crippen LogP contribution < -0.4 is 15.1 Å². The van der Waals surface area contributed by atoms with Gasteiger partial charge in [0.15, 0.2) is 0 Å². The van der Waals surface area contributed by atoms with Gasteiger partial charge >= 0.3 is 0 Å². The van der Waals surface area contributed by atoms with Crippen molar-refractivity contribution in [2.45, 2.75) is 45.7 Å². The van der Waals surface area contributed by atoms with E-state index in [1.54, 1.807) is 51.7 Å². The van der Waals surface area contributed by atoms with Gasteiger partial charge in [0.25, 0.3) is 5.91 Å². The molecule has 0 aliphatic carbocycles. The second kappa shape index (κ2) is 13.5. The smallest absolute Gasteiger partial charge is 0.251 e. The first-order valence-electron chi connectivity index (χ1n) is 15.9. The van der Waals surface area contributed by atoms with Crippen LogP contribution in [-0.2, 0) is 25.7 Å². The Bertz CT molecular complexity index is 1930. The van der Waals surface area contributed by atoms with Gasteiger partial charge in [-0.05, 0) is 55.7 Å². The fourth-order valence-electron chi connectivity index (χ4n) is 6.18. The van der Waals surface area contributed by atoms with Crippen molar-refractivity contribution in [1.82, 2.24) is 15.1 Å². The zero-order valence-corrected chi connectivity index (χ0v) is 26.3. The van der Waals surface area contributed by atoms with Gasteiger partial charge in [-0.15, -0.1) is 0 Å². The molecule has 0 unspecified atom stereocenters. The van der Waals surface area contributed by atoms with E-state index in [0.717, 1.165) is 10.9 Å². The highest BCUT2D eigenvalue weighted by molar-refractivity contribution is 6.09. The SMILES string of the molecule is CC[C@@H](C)C(=O)N[C@H]1CN(C(=O)C2CCOCC2)c2cc(C#N)ccc2N(Cc2nn(-c3ccccc3C#N)c3ccccc23)C1=O. The number of nitrogens with one attached hydrogen (secondary N) is 1. The third-order valence-electron chi connectivity index (χ3n) is 9.05. The number of benzene rings is 3. The second-order valence-electron chi connectivity index (χ2n) is 12.0. The van der Waals surface area contributed by atoms with E-state index >= 15 is 0 Å². The monoisotopic (exact) mass is 629 g/mol. The van der Waals surface area contributed by atoms with Crippen LogP contribution in [0.4, 0.5) is 11.4 Å². The van der Waals surface area contributed by atoms with Crippen LogP contribution in [-0.4, -0.2) is 53.3 Å². The summed E-state index contributed by atoms with van der Waals surface area (Å²) in [5, 5.41) is 28.3. The Labute approximate surface area is 272 Å². The Morgan fingerprint density at radius 3 is 2.49 bits per heavy atom. The number of amides is 3. The van der Waals surface area contributed by atoms with Gasteiger partial charge in [0.1, 0.15) is 12.1 Å². The van der Waals surface area contributed by atoms with Gasteiger partial charge < -0.3 is 19.9 Å². The highest BCUT2D eigenvalue weighted by atomic mass is 16.5. The molecular weight excluding hydrogens is 594 g/mol. The summed E-state index contributed by atoms with van der Waals surface area (Å²) in [6.45, 7) is 4.54. The van der Waals surface area contributed by atoms with Crippen LogP contribution in [0.1, 0.15) is 49.9 Å². The lowest BCUT2D eigenvalue weighted by molar-refractivity contribution is -0.130. The zero-order valence-electron chi connectivity index (χ0n) is 26.3. The maximum atomic E-state index is 14.6. The summed E-state index contributed by atoms with van der Waals surface area (Å²) in [6.07, 6.45) is 1.66. The van der Waals surface area contributed by atoms with Crippen molar-refractivity contribution in [3.63, 3.8) is 0 Å². The molecule has 2 aliphatic heterocycles. The van der Waals surface area contributed by atoms with E-state index in [0.29, 0.717) is 66.4 Å². The Hall–Kier alpha value is -5.52. The fraction of sp³-hybridized carbons (Fsp3) is 0.333. The van der Waals surface area contributed by atoms with Crippen molar-refractivity contribution in [3.05, 3.63) is 83.6 Å². The van der Waals surface area contributed by atoms with Crippen molar-refractivity contribution in [1.29, 1.82) is 10.5 Å². The molecule has 238 valence electrons. The molecule has 3 amide bonds. The lowest BCUT2D eigenvalue weighted by atomic mass is 9.97. The summed E-state index contributed by atoms with van der Waals surface area (Å²) >= 11 is 0. The van der Waals surface area contributed by atoms with Crippen molar-refractivity contribution >= 4 is 40.0 Å². The van der Waals surface area contributed by atoms with Crippen LogP contribution in [0.2, 0.25) is 0 Å². The van der Waals surface area contributed by atoms with Gasteiger partial charge in [-0.3, -0.25) is 14.4 Å². The number of aromatic nitrogens is 2. The summed E-state index contributed by atoms with van der Waals surface area (Å²) in [6, 6.07) is 23.0. The van der Waals surface area contributed by atoms with E-state index in [2.05, 4.69) is 17.5 Å². The second-order valence-corrected chi connectivity index (χ2v) is 12.0. The zero-order chi connectivity index (χ0) is 33.1. The number of anilines is 2. The van der Waals surface area contributed by atoms with Crippen LogP contribution in [0.15, 0.2) is 66.7 Å². The molecule has 2 aliphatic rings. The van der Waals surface area contributed by atoms with Gasteiger partial charge in [0.05, 0.1) is 58.6 Å². The normalized spacial score (nSPS) is 17.4. The molecule has 1 saturated heterocycles. The van der Waals surface area contributed by atoms with Crippen LogP contribution in [0.25, 0.3) is 16.6 Å². The number of ether oxygens (including phenoxy) is 1. The van der Waals surface area contributed by atoms with E-state index in [9.17, 15) is 24.9 Å². The molecule has 1 aromatic heterocycles. The minimum Gasteiger partial charge on any atom is -0.381 e. The number of hydrogen-bond donors (Lipinski definition) is 1. The summed E-state index contributed by atoms with van der Waals surface area (Å²) in [5.41, 5.74) is 3.57. The number of para-hydroxylation sites is 2. The third kappa shape index (κ3) is 6.06. The summed E-state index contributed by atoms with van der Waals surface area (Å²) < 4.78 is 7.21. The minimum atomic E-state index is -1.05. The van der Waals surface area contributed by atoms with Gasteiger partial charge in [-0.1, -0.05) is 44.2 Å². The standard InChI is InChI=1S/C36H35N7O4/c1-3-23(2)34(44)39-29-22-42(35(45)25-14-16-47-17-15-25)33-18-24(19-37)12-13-32(33)41(36(29)46)21-28-27-9-5-7-11-31(27)43(40-28)30-10-6-4-8-26(30)20-38/h4-13,18,23,25,29H,3,14-17,21-22H2,1-2H3,(H,39,44)/t23-,29+/m1/s1. The van der Waals surface area contributed by atoms with Crippen LogP contribution in [0.5, 0.6) is 0 Å². The van der Waals surface area contributed by atoms with Crippen LogP contribution >= 0.6 is 0 Å². The van der Waals surface area contributed by atoms with E-state index < -0.39 is 11.9 Å². The average molecular weight is 630 g/mol. The quantitative estimate of drug-likeness (QED) is 0.314. The number of nitrogens with zero attached hydrogens (tertiary/aromatic N) is 6. The predicted octanol–water partition coefficient (Wildman–Crippen LogP) is 4.61. The molecule has 2 atom stereocenters. The summed E-state index contributed by atoms with van der Waals surface area (Å²) in [4.78, 5) is 45.1. The Balaban J connectivity index is 1.49. The van der Waals surface area contributed by atoms with Crippen LogP contribution in [0.3, 0.4) is 0 Å². The minimum absolute atomic E-state index is 0.00890. The van der Waals surface area contributed by atoms with Gasteiger partial charge in [-0.25, -0.2) is 4.68 Å². The maximum Gasteiger partial charge on any atom is 0.251 e. The van der Waals surface area contributed by atoms with Crippen molar-refractivity contribution in [3.8, 4) is 17.8 Å². The Morgan fingerprint density at radius 1 is 1.00 bits per heavy atom. The number of carbonyl (C=O) groups is 3. The molecule has 4 aromatic rings. The first-order chi connectivity index (χ1) is 22.8. The van der Waals surface area contributed by atoms with Crippen molar-refractivity contribution < 1.29 is 19.1 Å². The molecule has 1 N–H and O–H groups in total. The Kier molecular flexibility index (Phi) is 9.01. The molecular formula is C36H35N7O4. The number of fused-ring (bicyclic) bond motifs is 2. The molecule has 0 bridgehead atoms. The maximum absolute atomic E-state index is 14.6. The molecule has 0 saturated carbocycles. The van der Waals surface area contributed by atoms with E-state index in [4.69, 9.17) is 9.84 Å². The first-order valence-corrected chi connectivity index (χ1v) is 15.9. The molecule has 0 radical (unpaired) electrons. The fourth-order valence-corrected chi connectivity index (χ4v) is 6.18. The van der Waals surface area contributed by atoms with Crippen LogP contribution in [0, 0.1) is 34.5 Å². The predicted molar refractivity (Wildman–Crippen MR) is 175 cm³/mol. The highest BCUT2D eigenvalue weighted by Gasteiger charge is 2.40. The summed E-state index contributed by atoms with van der Waals surface area (Å²) in [7, 11) is 0. The third-order valence-corrected chi connectivity index (χ3v) is 9.05. The van der Waals surface area contributed by atoms with Gasteiger partial charge in [-0.2, -0.15) is 15.6 Å². The molecule has 11 heteroatoms. The lowest BCUT2D eigenvalue weighted by Gasteiger charge is -2.31. The molecule has 3 heterocycles. The lowest BCUT2D eigenvalue weighted by Crippen LogP contribution is -2.54. The topological polar surface area (TPSA) is 144 Å². The number of hydrogen-bond acceptors (Lipinski definition) is 7. The van der Waals surface area contributed by atoms with Crippen molar-refractivity contribution in [2.24, 2.45) is 11.8 Å². The molecule has 11 nitrogen and oxygen atoms in total. The van der Waals surface area contributed by atoms with Gasteiger partial charge in [0, 0.05) is 30.4 Å². The Morgan fingerprint density at radius 2 is 1.74 bits per heavy atom. The summed E-state index contributed by atoms with van der Waals surface area (Å²) in [5.74, 6) is -1.52. The molecule has 1 fully saturated rings. The first kappa shape index (κ1) is 31.5. The average Bonchev–Trinajstić information content (AvgIpc) is 3.44. The number of rotatable bonds is 7. The molecule has 0 spiro atoms. The molecule has 47 heavy (non-hydrogen) atoms. The van der Waals surface area contributed by atoms with E-state index in [1.165, 1.54) is 0 Å². The number of nitriles is 2. The number of carbonyl (C=O) groups excluding carboxylic acids is 3. The molecule has 6 rings (SSSR count). The van der Waals surface area contributed by atoms with Gasteiger partial charge in [0.2, 0.25) is 11.8 Å². The highest BCUT2D eigenvalue weighted by Crippen LogP contribution is 2.37.